The molecule has 1 aliphatic rings. The van der Waals surface area contributed by atoms with Crippen LogP contribution in [0.15, 0.2) is 0 Å². The number of fused-ring (bicyclic) bond motifs is 1. The van der Waals surface area contributed by atoms with E-state index in [0.29, 0.717) is 10.6 Å². The molecular weight excluding hydrogens is 376 g/mol. The fourth-order valence-corrected chi connectivity index (χ4v) is 5.34. The first kappa shape index (κ1) is 22.4. The zero-order valence-electron chi connectivity index (χ0n) is 17.8. The summed E-state index contributed by atoms with van der Waals surface area (Å²) >= 11 is 1.44. The van der Waals surface area contributed by atoms with E-state index in [1.54, 1.807) is 0 Å². The molecule has 2 amide bonds. The van der Waals surface area contributed by atoms with Crippen molar-refractivity contribution in [3.05, 3.63) is 16.0 Å². The predicted octanol–water partition coefficient (Wildman–Crippen LogP) is 4.07. The number of aryl methyl sites for hydroxylation is 1. The highest BCUT2D eigenvalue weighted by Crippen LogP contribution is 2.38. The molecule has 1 aliphatic carbocycles. The lowest BCUT2D eigenvalue weighted by Crippen LogP contribution is -2.47. The van der Waals surface area contributed by atoms with Crippen LogP contribution >= 0.6 is 11.3 Å². The lowest BCUT2D eigenvalue weighted by atomic mass is 9.82. The van der Waals surface area contributed by atoms with Crippen LogP contribution in [0.1, 0.15) is 81.6 Å². The molecule has 156 valence electrons. The van der Waals surface area contributed by atoms with Crippen LogP contribution in [-0.2, 0) is 27.2 Å². The molecule has 6 nitrogen and oxygen atoms in total. The van der Waals surface area contributed by atoms with E-state index < -0.39 is 11.5 Å². The van der Waals surface area contributed by atoms with Crippen LogP contribution in [0.2, 0.25) is 0 Å². The molecule has 0 atom stereocenters. The highest BCUT2D eigenvalue weighted by atomic mass is 32.1. The molecule has 0 saturated heterocycles. The number of esters is 1. The Bertz CT molecular complexity index is 759. The van der Waals surface area contributed by atoms with Crippen LogP contribution in [0.4, 0.5) is 5.00 Å². The molecule has 0 aliphatic heterocycles. The fraction of sp³-hybridized carbons (Fsp3) is 0.667. The maximum absolute atomic E-state index is 12.7. The van der Waals surface area contributed by atoms with Crippen molar-refractivity contribution in [3.63, 3.8) is 0 Å². The van der Waals surface area contributed by atoms with Crippen molar-refractivity contribution in [2.45, 2.75) is 79.2 Å². The largest absolute Gasteiger partial charge is 0.452 e. The molecule has 28 heavy (non-hydrogen) atoms. The van der Waals surface area contributed by atoms with Gasteiger partial charge in [-0.15, -0.1) is 11.3 Å². The quantitative estimate of drug-likeness (QED) is 0.695. The maximum atomic E-state index is 12.7. The van der Waals surface area contributed by atoms with Gasteiger partial charge in [0.15, 0.2) is 6.61 Å². The van der Waals surface area contributed by atoms with Gasteiger partial charge in [0.05, 0.1) is 5.56 Å². The van der Waals surface area contributed by atoms with Crippen LogP contribution in [-0.4, -0.2) is 29.9 Å². The second-order valence-electron chi connectivity index (χ2n) is 9.34. The van der Waals surface area contributed by atoms with E-state index in [0.717, 1.165) is 42.5 Å². The smallest absolute Gasteiger partial charge is 0.341 e. The summed E-state index contributed by atoms with van der Waals surface area (Å²) in [5, 5.41) is 6.21. The van der Waals surface area contributed by atoms with Gasteiger partial charge in [0.2, 0.25) is 5.91 Å². The number of carbonyl (C=O) groups excluding carboxylic acids is 3. The number of ether oxygens (including phenoxy) is 1. The molecule has 0 fully saturated rings. The Hall–Kier alpha value is -1.89. The molecule has 0 bridgehead atoms. The average molecular weight is 409 g/mol. The second-order valence-corrected chi connectivity index (χ2v) is 10.4. The first-order chi connectivity index (χ1) is 12.9. The minimum Gasteiger partial charge on any atom is -0.452 e. The maximum Gasteiger partial charge on any atom is 0.341 e. The van der Waals surface area contributed by atoms with E-state index in [2.05, 4.69) is 31.4 Å². The van der Waals surface area contributed by atoms with Gasteiger partial charge in [-0.05, 0) is 56.9 Å². The van der Waals surface area contributed by atoms with Crippen molar-refractivity contribution >= 4 is 34.1 Å². The molecule has 0 spiro atoms. The number of anilines is 1. The van der Waals surface area contributed by atoms with Crippen molar-refractivity contribution in [2.75, 3.05) is 11.9 Å². The minimum absolute atomic E-state index is 0.0659. The zero-order valence-corrected chi connectivity index (χ0v) is 18.6. The fourth-order valence-electron chi connectivity index (χ4n) is 4.02. The number of hydrogen-bond donors (Lipinski definition) is 2. The lowest BCUT2D eigenvalue weighted by Gasteiger charge is -2.33. The summed E-state index contributed by atoms with van der Waals surface area (Å²) in [5.41, 5.74) is 1.04. The van der Waals surface area contributed by atoms with Gasteiger partial charge in [-0.25, -0.2) is 4.79 Å². The van der Waals surface area contributed by atoms with Crippen molar-refractivity contribution in [1.82, 2.24) is 5.32 Å². The number of rotatable bonds is 6. The molecule has 2 N–H and O–H groups in total. The summed E-state index contributed by atoms with van der Waals surface area (Å²) in [7, 11) is 0. The Morgan fingerprint density at radius 1 is 1.07 bits per heavy atom. The van der Waals surface area contributed by atoms with Crippen LogP contribution in [0.5, 0.6) is 0 Å². The number of nitrogens with one attached hydrogen (secondary N) is 2. The van der Waals surface area contributed by atoms with Gasteiger partial charge >= 0.3 is 5.97 Å². The van der Waals surface area contributed by atoms with E-state index in [9.17, 15) is 14.4 Å². The molecule has 0 radical (unpaired) electrons. The second kappa shape index (κ2) is 8.64. The van der Waals surface area contributed by atoms with Gasteiger partial charge in [-0.2, -0.15) is 0 Å². The van der Waals surface area contributed by atoms with Gasteiger partial charge in [0, 0.05) is 17.3 Å². The van der Waals surface area contributed by atoms with E-state index in [-0.39, 0.29) is 23.8 Å². The molecule has 7 heteroatoms. The van der Waals surface area contributed by atoms with Gasteiger partial charge in [0.1, 0.15) is 5.00 Å². The van der Waals surface area contributed by atoms with Crippen LogP contribution in [0.25, 0.3) is 0 Å². The Morgan fingerprint density at radius 2 is 1.71 bits per heavy atom. The number of carbonyl (C=O) groups is 3. The summed E-state index contributed by atoms with van der Waals surface area (Å²) in [6.45, 7) is 11.3. The molecule has 1 heterocycles. The predicted molar refractivity (Wildman–Crippen MR) is 112 cm³/mol. The normalized spacial score (nSPS) is 14.2. The lowest BCUT2D eigenvalue weighted by molar-refractivity contribution is -0.126. The van der Waals surface area contributed by atoms with Crippen LogP contribution < -0.4 is 10.6 Å². The molecular formula is C21H32N2O4S. The van der Waals surface area contributed by atoms with Gasteiger partial charge in [-0.3, -0.25) is 9.59 Å². The molecule has 2 rings (SSSR count). The molecule has 0 saturated carbocycles. The highest BCUT2D eigenvalue weighted by Gasteiger charge is 2.29. The third-order valence-corrected chi connectivity index (χ3v) is 5.66. The summed E-state index contributed by atoms with van der Waals surface area (Å²) in [6.07, 6.45) is 4.57. The highest BCUT2D eigenvalue weighted by molar-refractivity contribution is 7.17. The third-order valence-electron chi connectivity index (χ3n) is 4.45. The Morgan fingerprint density at radius 3 is 2.32 bits per heavy atom. The summed E-state index contributed by atoms with van der Waals surface area (Å²) < 4.78 is 5.32. The Kier molecular flexibility index (Phi) is 6.91. The Labute approximate surface area is 171 Å². The summed E-state index contributed by atoms with van der Waals surface area (Å²) in [4.78, 5) is 37.7. The topological polar surface area (TPSA) is 84.5 Å². The van der Waals surface area contributed by atoms with Crippen LogP contribution in [0, 0.1) is 5.41 Å². The van der Waals surface area contributed by atoms with E-state index >= 15 is 0 Å². The van der Waals surface area contributed by atoms with Crippen molar-refractivity contribution < 1.29 is 19.1 Å². The third kappa shape index (κ3) is 6.33. The number of hydrogen-bond acceptors (Lipinski definition) is 5. The van der Waals surface area contributed by atoms with Crippen molar-refractivity contribution in [3.8, 4) is 0 Å². The Balaban J connectivity index is 2.06. The zero-order chi connectivity index (χ0) is 21.1. The van der Waals surface area contributed by atoms with E-state index in [1.807, 2.05) is 13.8 Å². The molecule has 0 aromatic carbocycles. The SMILES string of the molecule is CC(=O)Nc1sc2c(c1C(=O)OCC(=O)NC(C)(C)CC(C)(C)C)CCCC2. The molecule has 1 aromatic heterocycles. The molecule has 0 unspecified atom stereocenters. The van der Waals surface area contributed by atoms with Gasteiger partial charge in [-0.1, -0.05) is 20.8 Å². The average Bonchev–Trinajstić information content (AvgIpc) is 2.86. The summed E-state index contributed by atoms with van der Waals surface area (Å²) in [5.74, 6) is -1.10. The number of thiophene rings is 1. The standard InChI is InChI=1S/C21H32N2O4S/c1-13(24)22-18-17(14-9-7-8-10-15(14)28-18)19(26)27-11-16(25)23-21(5,6)12-20(2,3)4/h7-12H2,1-6H3,(H,22,24)(H,23,25). The van der Waals surface area contributed by atoms with Gasteiger partial charge in [0.25, 0.3) is 5.91 Å². The van der Waals surface area contributed by atoms with E-state index in [4.69, 9.17) is 4.74 Å². The van der Waals surface area contributed by atoms with Crippen LogP contribution in [0.3, 0.4) is 0 Å². The first-order valence-corrected chi connectivity index (χ1v) is 10.6. The van der Waals surface area contributed by atoms with Gasteiger partial charge < -0.3 is 15.4 Å². The minimum atomic E-state index is -0.549. The van der Waals surface area contributed by atoms with Crippen molar-refractivity contribution in [1.29, 1.82) is 0 Å². The first-order valence-electron chi connectivity index (χ1n) is 9.78. The number of amides is 2. The van der Waals surface area contributed by atoms with E-state index in [1.165, 1.54) is 18.3 Å². The molecule has 1 aromatic rings. The monoisotopic (exact) mass is 408 g/mol. The summed E-state index contributed by atoms with van der Waals surface area (Å²) in [6, 6.07) is 0. The van der Waals surface area contributed by atoms with Crippen molar-refractivity contribution in [2.24, 2.45) is 5.41 Å².